The molecule has 0 aromatic heterocycles. The van der Waals surface area contributed by atoms with E-state index < -0.39 is 34.6 Å². The molecule has 3 aliphatic heterocycles. The zero-order valence-corrected chi connectivity index (χ0v) is 22.5. The number of fused-ring (bicyclic) bond motifs is 1. The number of aliphatic hydroxyl groups excluding tert-OH is 1. The van der Waals surface area contributed by atoms with E-state index in [-0.39, 0.29) is 34.4 Å². The van der Waals surface area contributed by atoms with Crippen molar-refractivity contribution in [3.8, 4) is 0 Å². The minimum Gasteiger partial charge on any atom is -0.481 e. The number of likely N-dealkylation sites (tertiary alicyclic amines) is 1. The average Bonchev–Trinajstić information content (AvgIpc) is 3.41. The molecule has 2 amide bonds. The van der Waals surface area contributed by atoms with Crippen LogP contribution in [0.4, 0.5) is 0 Å². The summed E-state index contributed by atoms with van der Waals surface area (Å²) >= 11 is 5.14. The third-order valence-electron chi connectivity index (χ3n) is 7.47. The number of benzene rings is 1. The number of hydrogen-bond donors (Lipinski definition) is 2. The first kappa shape index (κ1) is 26.2. The van der Waals surface area contributed by atoms with Crippen molar-refractivity contribution in [1.29, 1.82) is 0 Å². The lowest BCUT2D eigenvalue weighted by Crippen LogP contribution is -2.57. The number of rotatable bonds is 10. The van der Waals surface area contributed by atoms with Crippen LogP contribution >= 0.6 is 27.7 Å². The number of carbonyl (C=O) groups is 3. The Morgan fingerprint density at radius 1 is 1.34 bits per heavy atom. The Labute approximate surface area is 219 Å². The smallest absolute Gasteiger partial charge is 0.308 e. The maximum Gasteiger partial charge on any atom is 0.308 e. The molecule has 3 heterocycles. The number of carbonyl (C=O) groups excluding carboxylic acids is 2. The lowest BCUT2D eigenvalue weighted by molar-refractivity contribution is -0.150. The van der Waals surface area contributed by atoms with Gasteiger partial charge in [-0.3, -0.25) is 14.4 Å². The van der Waals surface area contributed by atoms with E-state index in [0.717, 1.165) is 5.56 Å². The monoisotopic (exact) mass is 564 g/mol. The van der Waals surface area contributed by atoms with E-state index in [1.54, 1.807) is 15.9 Å². The molecular formula is C26H33BrN2O5S. The van der Waals surface area contributed by atoms with Crippen molar-refractivity contribution in [2.24, 2.45) is 17.8 Å². The number of halogens is 1. The van der Waals surface area contributed by atoms with Crippen LogP contribution in [0.25, 0.3) is 0 Å². The minimum atomic E-state index is -1.00. The fraction of sp³-hybridized carbons (Fsp3) is 0.577. The molecule has 2 bridgehead atoms. The normalized spacial score (nSPS) is 32.1. The molecule has 1 spiro atoms. The van der Waals surface area contributed by atoms with E-state index in [4.69, 9.17) is 0 Å². The Kier molecular flexibility index (Phi) is 7.69. The van der Waals surface area contributed by atoms with Crippen LogP contribution in [0.2, 0.25) is 0 Å². The predicted octanol–water partition coefficient (Wildman–Crippen LogP) is 3.16. The van der Waals surface area contributed by atoms with Crippen molar-refractivity contribution in [3.63, 3.8) is 0 Å². The number of aliphatic hydroxyl groups is 1. The molecule has 0 aliphatic carbocycles. The lowest BCUT2D eigenvalue weighted by atomic mass is 9.71. The third kappa shape index (κ3) is 4.44. The zero-order chi connectivity index (χ0) is 25.5. The fourth-order valence-corrected chi connectivity index (χ4v) is 9.79. The van der Waals surface area contributed by atoms with Crippen LogP contribution in [0.5, 0.6) is 0 Å². The van der Waals surface area contributed by atoms with Gasteiger partial charge in [0.15, 0.2) is 0 Å². The highest BCUT2D eigenvalue weighted by Crippen LogP contribution is 2.68. The molecule has 0 saturated carbocycles. The van der Waals surface area contributed by atoms with Crippen molar-refractivity contribution in [2.45, 2.75) is 60.1 Å². The first-order valence-corrected chi connectivity index (χ1v) is 13.9. The van der Waals surface area contributed by atoms with Crippen LogP contribution in [-0.2, 0) is 20.9 Å². The van der Waals surface area contributed by atoms with Crippen molar-refractivity contribution >= 4 is 45.5 Å². The van der Waals surface area contributed by atoms with E-state index in [0.29, 0.717) is 25.9 Å². The highest BCUT2D eigenvalue weighted by atomic mass is 79.9. The maximum atomic E-state index is 14.3. The molecular weight excluding hydrogens is 532 g/mol. The number of thioether (sulfide) groups is 1. The molecule has 3 saturated heterocycles. The molecule has 3 aliphatic rings. The summed E-state index contributed by atoms with van der Waals surface area (Å²) in [7, 11) is 0. The summed E-state index contributed by atoms with van der Waals surface area (Å²) < 4.78 is -0.851. The van der Waals surface area contributed by atoms with Crippen LogP contribution in [-0.4, -0.2) is 77.9 Å². The van der Waals surface area contributed by atoms with Gasteiger partial charge in [0.2, 0.25) is 11.8 Å². The summed E-state index contributed by atoms with van der Waals surface area (Å²) in [4.78, 5) is 43.8. The molecule has 190 valence electrons. The largest absolute Gasteiger partial charge is 0.481 e. The fourth-order valence-electron chi connectivity index (χ4n) is 6.21. The van der Waals surface area contributed by atoms with E-state index in [2.05, 4.69) is 22.5 Å². The molecule has 4 rings (SSSR count). The van der Waals surface area contributed by atoms with Crippen molar-refractivity contribution in [1.82, 2.24) is 9.80 Å². The van der Waals surface area contributed by atoms with Gasteiger partial charge in [-0.1, -0.05) is 66.2 Å². The highest BCUT2D eigenvalue weighted by molar-refractivity contribution is 9.09. The molecule has 7 atom stereocenters. The number of carboxylic acids is 1. The topological polar surface area (TPSA) is 98.2 Å². The van der Waals surface area contributed by atoms with Crippen LogP contribution in [0.15, 0.2) is 43.0 Å². The summed E-state index contributed by atoms with van der Waals surface area (Å²) in [5.74, 6) is -3.01. The Hall–Kier alpha value is -1.84. The van der Waals surface area contributed by atoms with Gasteiger partial charge < -0.3 is 20.0 Å². The van der Waals surface area contributed by atoms with Crippen LogP contribution in [0, 0.1) is 17.8 Å². The molecule has 1 aromatic rings. The summed E-state index contributed by atoms with van der Waals surface area (Å²) in [6.45, 7) is 8.22. The van der Waals surface area contributed by atoms with E-state index in [9.17, 15) is 24.6 Å². The molecule has 0 radical (unpaired) electrons. The van der Waals surface area contributed by atoms with Crippen LogP contribution in [0.1, 0.15) is 32.3 Å². The second-order valence-corrected chi connectivity index (χ2v) is 12.9. The van der Waals surface area contributed by atoms with Crippen LogP contribution in [0.3, 0.4) is 0 Å². The summed E-state index contributed by atoms with van der Waals surface area (Å²) in [5.41, 5.74) is 0.957. The van der Waals surface area contributed by atoms with Gasteiger partial charge in [-0.25, -0.2) is 0 Å². The van der Waals surface area contributed by atoms with E-state index in [1.807, 2.05) is 44.2 Å². The van der Waals surface area contributed by atoms with Gasteiger partial charge in [0.1, 0.15) is 6.04 Å². The van der Waals surface area contributed by atoms with Gasteiger partial charge in [0.05, 0.1) is 29.2 Å². The van der Waals surface area contributed by atoms with Crippen molar-refractivity contribution in [2.75, 3.05) is 13.2 Å². The quantitative estimate of drug-likeness (QED) is 0.334. The number of alkyl halides is 1. The second-order valence-electron chi connectivity index (χ2n) is 10.2. The summed E-state index contributed by atoms with van der Waals surface area (Å²) in [5, 5.41) is 20.1. The van der Waals surface area contributed by atoms with Crippen molar-refractivity contribution in [3.05, 3.63) is 48.6 Å². The summed E-state index contributed by atoms with van der Waals surface area (Å²) in [6.07, 6.45) is 2.72. The molecule has 7 nitrogen and oxygen atoms in total. The predicted molar refractivity (Wildman–Crippen MR) is 139 cm³/mol. The van der Waals surface area contributed by atoms with Crippen LogP contribution < -0.4 is 0 Å². The minimum absolute atomic E-state index is 0.104. The molecule has 3 unspecified atom stereocenters. The lowest BCUT2D eigenvalue weighted by Gasteiger charge is -2.40. The molecule has 3 fully saturated rings. The number of nitrogens with zero attached hydrogens (tertiary/aromatic N) is 2. The van der Waals surface area contributed by atoms with Gasteiger partial charge in [0.25, 0.3) is 0 Å². The molecule has 35 heavy (non-hydrogen) atoms. The Bertz CT molecular complexity index is 991. The van der Waals surface area contributed by atoms with Gasteiger partial charge in [-0.2, -0.15) is 0 Å². The SMILES string of the molecule is C=CCN(Cc1ccccc1)C(=O)C1N([C@@H](CO)CC(C)C)C(=O)[C@@H]2[C@H](C(=O)O)[C@H]3SC12CC3Br. The van der Waals surface area contributed by atoms with Gasteiger partial charge in [-0.15, -0.1) is 18.3 Å². The second kappa shape index (κ2) is 10.3. The van der Waals surface area contributed by atoms with E-state index in [1.165, 1.54) is 11.8 Å². The number of aliphatic carboxylic acids is 1. The van der Waals surface area contributed by atoms with Gasteiger partial charge in [0, 0.05) is 23.2 Å². The standard InChI is InChI=1S/C26H33BrN2O5S/c1-4-10-28(13-16-8-6-5-7-9-16)24(32)22-26-12-18(27)21(35-26)19(25(33)34)20(26)23(31)29(22)17(14-30)11-15(2)3/h4-9,15,17-22,30H,1,10-14H2,2-3H3,(H,33,34)/t17-,18?,19+,20+,21+,22?,26?/m1/s1. The Morgan fingerprint density at radius 3 is 2.60 bits per heavy atom. The Morgan fingerprint density at radius 2 is 2.03 bits per heavy atom. The maximum absolute atomic E-state index is 14.3. The van der Waals surface area contributed by atoms with Gasteiger partial charge >= 0.3 is 5.97 Å². The number of amides is 2. The first-order chi connectivity index (χ1) is 16.7. The van der Waals surface area contributed by atoms with E-state index >= 15 is 0 Å². The molecule has 9 heteroatoms. The van der Waals surface area contributed by atoms with Gasteiger partial charge in [-0.05, 0) is 24.3 Å². The zero-order valence-electron chi connectivity index (χ0n) is 20.0. The Balaban J connectivity index is 1.79. The average molecular weight is 566 g/mol. The molecule has 1 aromatic carbocycles. The molecule has 2 N–H and O–H groups in total. The highest BCUT2D eigenvalue weighted by Gasteiger charge is 2.76. The van der Waals surface area contributed by atoms with Crippen molar-refractivity contribution < 1.29 is 24.6 Å². The first-order valence-electron chi connectivity index (χ1n) is 12.1. The third-order valence-corrected chi connectivity index (χ3v) is 10.7. The number of hydrogen-bond acceptors (Lipinski definition) is 5. The summed E-state index contributed by atoms with van der Waals surface area (Å²) in [6, 6.07) is 8.23. The number of carboxylic acid groups (broad SMARTS) is 1.